The molecule has 0 heterocycles. The second-order valence-corrected chi connectivity index (χ2v) is 4.20. The summed E-state index contributed by atoms with van der Waals surface area (Å²) < 4.78 is 0. The number of hydrogen-bond acceptors (Lipinski definition) is 3. The molecular formula is C13H15N3O3. The van der Waals surface area contributed by atoms with Crippen LogP contribution in [0.4, 0.5) is 10.5 Å². The van der Waals surface area contributed by atoms with Crippen LogP contribution < -0.4 is 10.6 Å². The third kappa shape index (κ3) is 4.32. The zero-order chi connectivity index (χ0) is 14.4. The van der Waals surface area contributed by atoms with Crippen LogP contribution in [0.2, 0.25) is 0 Å². The predicted octanol–water partition coefficient (Wildman–Crippen LogP) is 1.79. The monoisotopic (exact) mass is 261 g/mol. The van der Waals surface area contributed by atoms with Gasteiger partial charge in [0.15, 0.2) is 0 Å². The van der Waals surface area contributed by atoms with Gasteiger partial charge in [-0.15, -0.1) is 0 Å². The van der Waals surface area contributed by atoms with Gasteiger partial charge >= 0.3 is 12.0 Å². The summed E-state index contributed by atoms with van der Waals surface area (Å²) in [6.45, 7) is 3.14. The summed E-state index contributed by atoms with van der Waals surface area (Å²) in [5, 5.41) is 22.6. The Hall–Kier alpha value is -2.55. The average molecular weight is 261 g/mol. The number of carboxylic acids is 1. The fourth-order valence-corrected chi connectivity index (χ4v) is 1.34. The van der Waals surface area contributed by atoms with Crippen molar-refractivity contribution in [3.63, 3.8) is 0 Å². The number of hydrogen-bond donors (Lipinski definition) is 3. The molecule has 100 valence electrons. The third-order valence-electron chi connectivity index (χ3n) is 2.77. The Labute approximate surface area is 111 Å². The molecule has 2 unspecified atom stereocenters. The van der Waals surface area contributed by atoms with Crippen molar-refractivity contribution in [1.82, 2.24) is 5.32 Å². The van der Waals surface area contributed by atoms with Crippen molar-refractivity contribution in [2.24, 2.45) is 5.92 Å². The first-order valence-corrected chi connectivity index (χ1v) is 5.74. The number of carboxylic acid groups (broad SMARTS) is 1. The molecule has 3 N–H and O–H groups in total. The molecule has 19 heavy (non-hydrogen) atoms. The molecule has 0 saturated carbocycles. The Morgan fingerprint density at radius 1 is 1.26 bits per heavy atom. The van der Waals surface area contributed by atoms with E-state index >= 15 is 0 Å². The van der Waals surface area contributed by atoms with Crippen molar-refractivity contribution in [1.29, 1.82) is 5.26 Å². The Kier molecular flexibility index (Phi) is 4.89. The molecule has 1 rings (SSSR count). The van der Waals surface area contributed by atoms with E-state index in [0.29, 0.717) is 11.3 Å². The van der Waals surface area contributed by atoms with E-state index in [1.807, 2.05) is 6.07 Å². The summed E-state index contributed by atoms with van der Waals surface area (Å²) in [5.41, 5.74) is 1.03. The molecule has 0 aliphatic carbocycles. The summed E-state index contributed by atoms with van der Waals surface area (Å²) in [6.07, 6.45) is 0. The van der Waals surface area contributed by atoms with Crippen molar-refractivity contribution in [3.8, 4) is 6.07 Å². The highest BCUT2D eigenvalue weighted by Crippen LogP contribution is 2.09. The van der Waals surface area contributed by atoms with Crippen LogP contribution >= 0.6 is 0 Å². The summed E-state index contributed by atoms with van der Waals surface area (Å²) in [6, 6.07) is 7.37. The quantitative estimate of drug-likeness (QED) is 0.768. The van der Waals surface area contributed by atoms with Gasteiger partial charge in [0.25, 0.3) is 0 Å². The molecule has 0 fully saturated rings. The largest absolute Gasteiger partial charge is 0.481 e. The van der Waals surface area contributed by atoms with E-state index in [1.165, 1.54) is 6.92 Å². The topological polar surface area (TPSA) is 102 Å². The maximum Gasteiger partial charge on any atom is 0.319 e. The number of aliphatic carboxylic acids is 1. The SMILES string of the molecule is CC(NC(=O)Nc1ccc(C#N)cc1)C(C)C(=O)O. The molecule has 6 heteroatoms. The lowest BCUT2D eigenvalue weighted by molar-refractivity contribution is -0.141. The molecule has 0 aliphatic rings. The van der Waals surface area contributed by atoms with Crippen LogP contribution in [-0.4, -0.2) is 23.1 Å². The van der Waals surface area contributed by atoms with E-state index in [1.54, 1.807) is 31.2 Å². The minimum absolute atomic E-state index is 0.481. The number of nitrogens with zero attached hydrogens (tertiary/aromatic N) is 1. The smallest absolute Gasteiger partial charge is 0.319 e. The summed E-state index contributed by atoms with van der Waals surface area (Å²) in [4.78, 5) is 22.4. The zero-order valence-corrected chi connectivity index (χ0v) is 10.7. The van der Waals surface area contributed by atoms with Gasteiger partial charge < -0.3 is 15.7 Å². The molecule has 1 aromatic rings. The number of nitriles is 1. The molecule has 0 bridgehead atoms. The lowest BCUT2D eigenvalue weighted by Gasteiger charge is -2.18. The van der Waals surface area contributed by atoms with E-state index in [-0.39, 0.29) is 0 Å². The maximum absolute atomic E-state index is 11.6. The number of urea groups is 1. The Balaban J connectivity index is 2.55. The highest BCUT2D eigenvalue weighted by Gasteiger charge is 2.20. The molecule has 1 aromatic carbocycles. The van der Waals surface area contributed by atoms with Crippen LogP contribution in [0, 0.1) is 17.2 Å². The first-order chi connectivity index (χ1) is 8.93. The first kappa shape index (κ1) is 14.5. The maximum atomic E-state index is 11.6. The number of nitrogens with one attached hydrogen (secondary N) is 2. The molecule has 0 aromatic heterocycles. The number of amides is 2. The molecule has 6 nitrogen and oxygen atoms in total. The Bertz CT molecular complexity index is 505. The standard InChI is InChI=1S/C13H15N3O3/c1-8(12(17)18)9(2)15-13(19)16-11-5-3-10(7-14)4-6-11/h3-6,8-9H,1-2H3,(H,17,18)(H2,15,16,19). The molecule has 2 atom stereocenters. The average Bonchev–Trinajstić information content (AvgIpc) is 2.38. The lowest BCUT2D eigenvalue weighted by Crippen LogP contribution is -2.42. The van der Waals surface area contributed by atoms with Gasteiger partial charge in [-0.3, -0.25) is 4.79 Å². The van der Waals surface area contributed by atoms with Gasteiger partial charge in [-0.1, -0.05) is 0 Å². The van der Waals surface area contributed by atoms with Crippen molar-refractivity contribution in [3.05, 3.63) is 29.8 Å². The van der Waals surface area contributed by atoms with Gasteiger partial charge in [0.1, 0.15) is 0 Å². The number of carbonyl (C=O) groups is 2. The molecule has 2 amide bonds. The van der Waals surface area contributed by atoms with Gasteiger partial charge in [0.2, 0.25) is 0 Å². The second kappa shape index (κ2) is 6.40. The fraction of sp³-hybridized carbons (Fsp3) is 0.308. The Morgan fingerprint density at radius 3 is 2.32 bits per heavy atom. The number of anilines is 1. The van der Waals surface area contributed by atoms with Gasteiger partial charge in [0.05, 0.1) is 17.6 Å². The van der Waals surface area contributed by atoms with E-state index in [0.717, 1.165) is 0 Å². The van der Waals surface area contributed by atoms with Crippen LogP contribution in [0.15, 0.2) is 24.3 Å². The zero-order valence-electron chi connectivity index (χ0n) is 10.7. The van der Waals surface area contributed by atoms with Crippen molar-refractivity contribution in [2.75, 3.05) is 5.32 Å². The molecular weight excluding hydrogens is 246 g/mol. The van der Waals surface area contributed by atoms with Gasteiger partial charge in [-0.25, -0.2) is 4.79 Å². The summed E-state index contributed by atoms with van der Waals surface area (Å²) in [7, 11) is 0. The second-order valence-electron chi connectivity index (χ2n) is 4.20. The number of rotatable bonds is 4. The van der Waals surface area contributed by atoms with Crippen LogP contribution in [0.5, 0.6) is 0 Å². The van der Waals surface area contributed by atoms with E-state index < -0.39 is 24.0 Å². The van der Waals surface area contributed by atoms with Crippen molar-refractivity contribution < 1.29 is 14.7 Å². The minimum atomic E-state index is -0.967. The highest BCUT2D eigenvalue weighted by atomic mass is 16.4. The number of carbonyl (C=O) groups excluding carboxylic acids is 1. The van der Waals surface area contributed by atoms with Crippen LogP contribution in [0.1, 0.15) is 19.4 Å². The van der Waals surface area contributed by atoms with E-state index in [9.17, 15) is 9.59 Å². The van der Waals surface area contributed by atoms with Gasteiger partial charge in [-0.05, 0) is 38.1 Å². The molecule has 0 saturated heterocycles. The summed E-state index contributed by atoms with van der Waals surface area (Å²) in [5.74, 6) is -1.64. The van der Waals surface area contributed by atoms with E-state index in [4.69, 9.17) is 10.4 Å². The van der Waals surface area contributed by atoms with Crippen LogP contribution in [0.25, 0.3) is 0 Å². The van der Waals surface area contributed by atoms with Crippen molar-refractivity contribution >= 4 is 17.7 Å². The van der Waals surface area contributed by atoms with Gasteiger partial charge in [-0.2, -0.15) is 5.26 Å². The third-order valence-corrected chi connectivity index (χ3v) is 2.77. The van der Waals surface area contributed by atoms with Gasteiger partial charge in [0, 0.05) is 11.7 Å². The molecule has 0 radical (unpaired) electrons. The predicted molar refractivity (Wildman–Crippen MR) is 69.6 cm³/mol. The normalized spacial score (nSPS) is 12.9. The lowest BCUT2D eigenvalue weighted by atomic mass is 10.0. The summed E-state index contributed by atoms with van der Waals surface area (Å²) >= 11 is 0. The fourth-order valence-electron chi connectivity index (χ4n) is 1.34. The number of benzene rings is 1. The Morgan fingerprint density at radius 2 is 1.84 bits per heavy atom. The first-order valence-electron chi connectivity index (χ1n) is 5.74. The van der Waals surface area contributed by atoms with Crippen LogP contribution in [-0.2, 0) is 4.79 Å². The van der Waals surface area contributed by atoms with Crippen LogP contribution in [0.3, 0.4) is 0 Å². The molecule has 0 aliphatic heterocycles. The molecule has 0 spiro atoms. The highest BCUT2D eigenvalue weighted by molar-refractivity contribution is 5.89. The minimum Gasteiger partial charge on any atom is -0.481 e. The van der Waals surface area contributed by atoms with Crippen molar-refractivity contribution in [2.45, 2.75) is 19.9 Å². The van der Waals surface area contributed by atoms with E-state index in [2.05, 4.69) is 10.6 Å².